The molecule has 3 aliphatic carbocycles. The Morgan fingerprint density at radius 3 is 2.62 bits per heavy atom. The second-order valence-corrected chi connectivity index (χ2v) is 9.04. The lowest BCUT2D eigenvalue weighted by Gasteiger charge is -2.59. The molecule has 0 spiro atoms. The molecule has 2 fully saturated rings. The monoisotopic (exact) mass is 290 g/mol. The summed E-state index contributed by atoms with van der Waals surface area (Å²) in [5.41, 5.74) is 2.40. The molecular formula is C20H34O. The SMILES string of the molecule is CC(C)[C@@H]1C=C2CC[C@@H]3[C@](C)(CO)CCC[C@]3(C)[C@H]2CC1. The van der Waals surface area contributed by atoms with Crippen LogP contribution >= 0.6 is 0 Å². The highest BCUT2D eigenvalue weighted by Crippen LogP contribution is 2.63. The molecule has 0 unspecified atom stereocenters. The molecule has 5 atom stereocenters. The predicted molar refractivity (Wildman–Crippen MR) is 89.0 cm³/mol. The molecule has 1 N–H and O–H groups in total. The first-order valence-electron chi connectivity index (χ1n) is 9.22. The number of fused-ring (bicyclic) bond motifs is 3. The Morgan fingerprint density at radius 1 is 1.19 bits per heavy atom. The zero-order chi connectivity index (χ0) is 15.3. The predicted octanol–water partition coefficient (Wildman–Crippen LogP) is 5.19. The van der Waals surface area contributed by atoms with Gasteiger partial charge in [-0.1, -0.05) is 45.8 Å². The molecule has 0 aromatic rings. The van der Waals surface area contributed by atoms with Gasteiger partial charge in [0.05, 0.1) is 0 Å². The fourth-order valence-corrected chi connectivity index (χ4v) is 6.17. The molecule has 21 heavy (non-hydrogen) atoms. The maximum absolute atomic E-state index is 10.00. The average Bonchev–Trinajstić information content (AvgIpc) is 2.46. The molecule has 1 heteroatoms. The van der Waals surface area contributed by atoms with Crippen LogP contribution in [0.4, 0.5) is 0 Å². The van der Waals surface area contributed by atoms with Gasteiger partial charge in [-0.15, -0.1) is 0 Å². The van der Waals surface area contributed by atoms with Crippen LogP contribution in [0.5, 0.6) is 0 Å². The van der Waals surface area contributed by atoms with Crippen LogP contribution < -0.4 is 0 Å². The number of hydrogen-bond donors (Lipinski definition) is 1. The molecule has 0 bridgehead atoms. The summed E-state index contributed by atoms with van der Waals surface area (Å²) in [6.45, 7) is 10.0. The molecule has 0 saturated heterocycles. The standard InChI is InChI=1S/C20H34O/c1-14(2)15-6-8-17-16(12-15)7-9-18-19(3,13-21)10-5-11-20(17,18)4/h12,14-15,17-18,21H,5-11,13H2,1-4H3/t15-,17-,18+,19-,20+/m0/s1. The van der Waals surface area contributed by atoms with E-state index in [2.05, 4.69) is 33.8 Å². The van der Waals surface area contributed by atoms with Crippen molar-refractivity contribution in [2.75, 3.05) is 6.61 Å². The summed E-state index contributed by atoms with van der Waals surface area (Å²) in [5, 5.41) is 10.00. The maximum Gasteiger partial charge on any atom is 0.0487 e. The molecule has 1 nitrogen and oxygen atoms in total. The summed E-state index contributed by atoms with van der Waals surface area (Å²) < 4.78 is 0. The van der Waals surface area contributed by atoms with Gasteiger partial charge in [-0.25, -0.2) is 0 Å². The van der Waals surface area contributed by atoms with Crippen LogP contribution in [-0.4, -0.2) is 11.7 Å². The van der Waals surface area contributed by atoms with Gasteiger partial charge in [0, 0.05) is 6.61 Å². The molecule has 0 aromatic heterocycles. The topological polar surface area (TPSA) is 20.2 Å². The van der Waals surface area contributed by atoms with Gasteiger partial charge in [-0.2, -0.15) is 0 Å². The highest BCUT2D eigenvalue weighted by molar-refractivity contribution is 5.22. The zero-order valence-electron chi connectivity index (χ0n) is 14.5. The minimum atomic E-state index is 0.174. The third-order valence-electron chi connectivity index (χ3n) is 7.50. The van der Waals surface area contributed by atoms with Crippen LogP contribution in [0.1, 0.15) is 72.6 Å². The number of aliphatic hydroxyl groups excluding tert-OH is 1. The van der Waals surface area contributed by atoms with Crippen molar-refractivity contribution in [2.45, 2.75) is 72.6 Å². The van der Waals surface area contributed by atoms with Crippen LogP contribution in [0, 0.1) is 34.5 Å². The Kier molecular flexibility index (Phi) is 4.01. The Bertz CT molecular complexity index is 424. The molecule has 0 radical (unpaired) electrons. The van der Waals surface area contributed by atoms with E-state index in [1.54, 1.807) is 5.57 Å². The van der Waals surface area contributed by atoms with E-state index in [0.717, 1.165) is 23.7 Å². The lowest BCUT2D eigenvalue weighted by atomic mass is 9.45. The number of allylic oxidation sites excluding steroid dienone is 2. The van der Waals surface area contributed by atoms with E-state index in [9.17, 15) is 5.11 Å². The van der Waals surface area contributed by atoms with Gasteiger partial charge in [0.25, 0.3) is 0 Å². The van der Waals surface area contributed by atoms with Crippen molar-refractivity contribution in [1.82, 2.24) is 0 Å². The molecule has 0 aromatic carbocycles. The third kappa shape index (κ3) is 2.40. The summed E-state index contributed by atoms with van der Waals surface area (Å²) in [6, 6.07) is 0. The van der Waals surface area contributed by atoms with E-state index in [1.165, 1.54) is 44.9 Å². The van der Waals surface area contributed by atoms with Crippen LogP contribution in [0.3, 0.4) is 0 Å². The Hall–Kier alpha value is -0.300. The highest BCUT2D eigenvalue weighted by atomic mass is 16.3. The first kappa shape index (κ1) is 15.6. The summed E-state index contributed by atoms with van der Waals surface area (Å²) in [6.07, 6.45) is 11.9. The molecule has 0 amide bonds. The van der Waals surface area contributed by atoms with Crippen LogP contribution in [-0.2, 0) is 0 Å². The minimum Gasteiger partial charge on any atom is -0.396 e. The molecule has 3 rings (SSSR count). The van der Waals surface area contributed by atoms with Gasteiger partial charge in [-0.3, -0.25) is 0 Å². The normalized spacial score (nSPS) is 46.8. The highest BCUT2D eigenvalue weighted by Gasteiger charge is 2.54. The van der Waals surface area contributed by atoms with E-state index in [0.29, 0.717) is 12.0 Å². The van der Waals surface area contributed by atoms with Gasteiger partial charge in [-0.05, 0) is 73.0 Å². The van der Waals surface area contributed by atoms with E-state index in [1.807, 2.05) is 0 Å². The van der Waals surface area contributed by atoms with Crippen LogP contribution in [0.25, 0.3) is 0 Å². The summed E-state index contributed by atoms with van der Waals surface area (Å²) in [7, 11) is 0. The Balaban J connectivity index is 1.91. The molecule has 120 valence electrons. The number of aliphatic hydroxyl groups is 1. The summed E-state index contributed by atoms with van der Waals surface area (Å²) in [4.78, 5) is 0. The fourth-order valence-electron chi connectivity index (χ4n) is 6.17. The first-order valence-corrected chi connectivity index (χ1v) is 9.22. The van der Waals surface area contributed by atoms with E-state index < -0.39 is 0 Å². The van der Waals surface area contributed by atoms with Gasteiger partial charge in [0.1, 0.15) is 0 Å². The van der Waals surface area contributed by atoms with Crippen molar-refractivity contribution in [3.8, 4) is 0 Å². The van der Waals surface area contributed by atoms with Gasteiger partial charge >= 0.3 is 0 Å². The maximum atomic E-state index is 10.00. The quantitative estimate of drug-likeness (QED) is 0.694. The van der Waals surface area contributed by atoms with Crippen molar-refractivity contribution in [2.24, 2.45) is 34.5 Å². The Morgan fingerprint density at radius 2 is 1.95 bits per heavy atom. The molecule has 2 saturated carbocycles. The van der Waals surface area contributed by atoms with Crippen LogP contribution in [0.2, 0.25) is 0 Å². The summed E-state index contributed by atoms with van der Waals surface area (Å²) in [5.74, 6) is 3.13. The second kappa shape index (κ2) is 5.41. The largest absolute Gasteiger partial charge is 0.396 e. The Labute approximate surface area is 131 Å². The van der Waals surface area contributed by atoms with Crippen molar-refractivity contribution < 1.29 is 5.11 Å². The van der Waals surface area contributed by atoms with Crippen molar-refractivity contribution in [1.29, 1.82) is 0 Å². The molecule has 0 heterocycles. The molecule has 3 aliphatic rings. The fraction of sp³-hybridized carbons (Fsp3) is 0.900. The smallest absolute Gasteiger partial charge is 0.0487 e. The number of hydrogen-bond acceptors (Lipinski definition) is 1. The van der Waals surface area contributed by atoms with Gasteiger partial charge in [0.15, 0.2) is 0 Å². The molecular weight excluding hydrogens is 256 g/mol. The van der Waals surface area contributed by atoms with Gasteiger partial charge < -0.3 is 5.11 Å². The minimum absolute atomic E-state index is 0.174. The molecule has 0 aliphatic heterocycles. The average molecular weight is 290 g/mol. The van der Waals surface area contributed by atoms with Crippen molar-refractivity contribution >= 4 is 0 Å². The van der Waals surface area contributed by atoms with Gasteiger partial charge in [0.2, 0.25) is 0 Å². The van der Waals surface area contributed by atoms with E-state index in [-0.39, 0.29) is 5.41 Å². The summed E-state index contributed by atoms with van der Waals surface area (Å²) >= 11 is 0. The van der Waals surface area contributed by atoms with Crippen molar-refractivity contribution in [3.05, 3.63) is 11.6 Å². The third-order valence-corrected chi connectivity index (χ3v) is 7.50. The number of rotatable bonds is 2. The first-order chi connectivity index (χ1) is 9.90. The second-order valence-electron chi connectivity index (χ2n) is 9.04. The lowest BCUT2D eigenvalue weighted by molar-refractivity contribution is -0.0888. The van der Waals surface area contributed by atoms with E-state index in [4.69, 9.17) is 0 Å². The lowest BCUT2D eigenvalue weighted by Crippen LogP contribution is -2.52. The van der Waals surface area contributed by atoms with Crippen LogP contribution in [0.15, 0.2) is 11.6 Å². The van der Waals surface area contributed by atoms with E-state index >= 15 is 0 Å². The zero-order valence-corrected chi connectivity index (χ0v) is 14.5. The van der Waals surface area contributed by atoms with Crippen molar-refractivity contribution in [3.63, 3.8) is 0 Å².